The molecule has 0 bridgehead atoms. The number of para-hydroxylation sites is 2. The number of hydrogen-bond donors (Lipinski definition) is 2. The first kappa shape index (κ1) is 15.0. The van der Waals surface area contributed by atoms with Crippen molar-refractivity contribution < 1.29 is 4.92 Å². The van der Waals surface area contributed by atoms with E-state index in [1.54, 1.807) is 7.05 Å². The lowest BCUT2D eigenvalue weighted by molar-refractivity contribution is -0.376. The van der Waals surface area contributed by atoms with Gasteiger partial charge in [-0.1, -0.05) is 30.3 Å². The number of hydrogen-bond acceptors (Lipinski definition) is 6. The van der Waals surface area contributed by atoms with E-state index in [0.29, 0.717) is 10.8 Å². The number of anilines is 1. The van der Waals surface area contributed by atoms with Gasteiger partial charge in [-0.2, -0.15) is 0 Å². The predicted molar refractivity (Wildman–Crippen MR) is 92.7 cm³/mol. The van der Waals surface area contributed by atoms with Crippen molar-refractivity contribution in [3.05, 3.63) is 75.5 Å². The predicted octanol–water partition coefficient (Wildman–Crippen LogP) is 3.53. The van der Waals surface area contributed by atoms with E-state index in [4.69, 9.17) is 0 Å². The van der Waals surface area contributed by atoms with Crippen LogP contribution < -0.4 is 10.6 Å². The highest BCUT2D eigenvalue weighted by Gasteiger charge is 2.25. The molecule has 0 spiro atoms. The summed E-state index contributed by atoms with van der Waals surface area (Å²) in [5, 5.41) is 17.9. The van der Waals surface area contributed by atoms with Crippen LogP contribution in [-0.4, -0.2) is 17.0 Å². The zero-order valence-corrected chi connectivity index (χ0v) is 13.1. The minimum absolute atomic E-state index is 0.0717. The minimum Gasteiger partial charge on any atom is -0.369 e. The van der Waals surface area contributed by atoms with Crippen LogP contribution in [0.15, 0.2) is 60.4 Å². The SMILES string of the molecule is CN/C(Nc1ccccc1)=C(\c1nc2ccccc2s1)[N+](=O)[O-]. The van der Waals surface area contributed by atoms with Crippen molar-refractivity contribution in [2.24, 2.45) is 0 Å². The monoisotopic (exact) mass is 326 g/mol. The summed E-state index contributed by atoms with van der Waals surface area (Å²) in [5.74, 6) is 0.306. The van der Waals surface area contributed by atoms with Gasteiger partial charge in [-0.15, -0.1) is 11.3 Å². The molecule has 2 N–H and O–H groups in total. The van der Waals surface area contributed by atoms with E-state index in [0.717, 1.165) is 15.9 Å². The third-order valence-corrected chi connectivity index (χ3v) is 4.25. The van der Waals surface area contributed by atoms with Crippen molar-refractivity contribution in [3.63, 3.8) is 0 Å². The first-order valence-electron chi connectivity index (χ1n) is 6.93. The summed E-state index contributed by atoms with van der Waals surface area (Å²) in [7, 11) is 1.64. The molecular formula is C16H14N4O2S. The Kier molecular flexibility index (Phi) is 4.20. The molecule has 6 nitrogen and oxygen atoms in total. The van der Waals surface area contributed by atoms with E-state index in [1.165, 1.54) is 11.3 Å². The Morgan fingerprint density at radius 2 is 1.83 bits per heavy atom. The van der Waals surface area contributed by atoms with E-state index in [1.807, 2.05) is 54.6 Å². The molecule has 0 unspecified atom stereocenters. The molecule has 1 aromatic heterocycles. The van der Waals surface area contributed by atoms with Crippen LogP contribution in [0.2, 0.25) is 0 Å². The number of nitrogens with zero attached hydrogens (tertiary/aromatic N) is 2. The summed E-state index contributed by atoms with van der Waals surface area (Å²) in [4.78, 5) is 15.6. The second-order valence-electron chi connectivity index (χ2n) is 4.71. The molecule has 0 aliphatic carbocycles. The van der Waals surface area contributed by atoms with Gasteiger partial charge < -0.3 is 10.6 Å². The number of thiazole rings is 1. The number of nitro groups is 1. The van der Waals surface area contributed by atoms with Crippen LogP contribution in [0.4, 0.5) is 5.69 Å². The molecule has 0 radical (unpaired) electrons. The van der Waals surface area contributed by atoms with Gasteiger partial charge in [-0.25, -0.2) is 4.98 Å². The molecule has 3 aromatic rings. The van der Waals surface area contributed by atoms with Crippen molar-refractivity contribution in [3.8, 4) is 0 Å². The van der Waals surface area contributed by atoms with Crippen molar-refractivity contribution in [1.29, 1.82) is 0 Å². The quantitative estimate of drug-likeness (QED) is 0.554. The highest BCUT2D eigenvalue weighted by Crippen LogP contribution is 2.29. The minimum atomic E-state index is -0.417. The lowest BCUT2D eigenvalue weighted by atomic mass is 10.3. The fourth-order valence-corrected chi connectivity index (χ4v) is 3.15. The van der Waals surface area contributed by atoms with E-state index in [2.05, 4.69) is 15.6 Å². The fraction of sp³-hybridized carbons (Fsp3) is 0.0625. The molecule has 116 valence electrons. The van der Waals surface area contributed by atoms with Gasteiger partial charge >= 0.3 is 5.70 Å². The molecule has 0 atom stereocenters. The fourth-order valence-electron chi connectivity index (χ4n) is 2.16. The molecule has 2 aromatic carbocycles. The standard InChI is InChI=1S/C16H14N4O2S/c1-17-15(18-11-7-3-2-4-8-11)14(20(21)22)16-19-12-9-5-6-10-13(12)23-16/h2-10,17-18H,1H3/b15-14-. The maximum Gasteiger partial charge on any atom is 0.344 e. The smallest absolute Gasteiger partial charge is 0.344 e. The van der Waals surface area contributed by atoms with Crippen LogP contribution in [0.3, 0.4) is 0 Å². The van der Waals surface area contributed by atoms with Gasteiger partial charge in [-0.05, 0) is 24.3 Å². The number of fused-ring (bicyclic) bond motifs is 1. The first-order chi connectivity index (χ1) is 11.2. The van der Waals surface area contributed by atoms with Gasteiger partial charge in [0, 0.05) is 12.7 Å². The number of benzene rings is 2. The zero-order valence-electron chi connectivity index (χ0n) is 12.3. The number of aromatic nitrogens is 1. The average molecular weight is 326 g/mol. The second-order valence-corrected chi connectivity index (χ2v) is 5.74. The Morgan fingerprint density at radius 1 is 1.13 bits per heavy atom. The van der Waals surface area contributed by atoms with E-state index in [-0.39, 0.29) is 5.70 Å². The normalized spacial score (nSPS) is 11.9. The summed E-state index contributed by atoms with van der Waals surface area (Å²) in [6, 6.07) is 16.8. The van der Waals surface area contributed by atoms with Crippen molar-refractivity contribution >= 4 is 32.9 Å². The van der Waals surface area contributed by atoms with Gasteiger partial charge in [0.15, 0.2) is 10.8 Å². The third kappa shape index (κ3) is 3.14. The Labute approximate surface area is 136 Å². The van der Waals surface area contributed by atoms with Gasteiger partial charge in [0.05, 0.1) is 15.1 Å². The van der Waals surface area contributed by atoms with Gasteiger partial charge in [0.1, 0.15) is 0 Å². The highest BCUT2D eigenvalue weighted by atomic mass is 32.1. The number of rotatable bonds is 5. The largest absolute Gasteiger partial charge is 0.369 e. The Bertz CT molecular complexity index is 841. The van der Waals surface area contributed by atoms with E-state index in [9.17, 15) is 10.1 Å². The topological polar surface area (TPSA) is 80.1 Å². The molecule has 0 saturated heterocycles. The summed E-state index contributed by atoms with van der Waals surface area (Å²) in [6.45, 7) is 0. The molecule has 23 heavy (non-hydrogen) atoms. The molecule has 0 aliphatic rings. The summed E-state index contributed by atoms with van der Waals surface area (Å²) in [5.41, 5.74) is 1.44. The average Bonchev–Trinajstić information content (AvgIpc) is 2.98. The highest BCUT2D eigenvalue weighted by molar-refractivity contribution is 7.19. The molecule has 0 aliphatic heterocycles. The summed E-state index contributed by atoms with van der Waals surface area (Å²) < 4.78 is 0.914. The molecule has 0 fully saturated rings. The number of nitrogens with one attached hydrogen (secondary N) is 2. The first-order valence-corrected chi connectivity index (χ1v) is 7.75. The summed E-state index contributed by atoms with van der Waals surface area (Å²) >= 11 is 1.30. The lowest BCUT2D eigenvalue weighted by Gasteiger charge is -2.10. The lowest BCUT2D eigenvalue weighted by Crippen LogP contribution is -2.20. The van der Waals surface area contributed by atoms with Crippen molar-refractivity contribution in [2.45, 2.75) is 0 Å². The van der Waals surface area contributed by atoms with Crippen LogP contribution in [0.25, 0.3) is 15.9 Å². The Morgan fingerprint density at radius 3 is 2.48 bits per heavy atom. The van der Waals surface area contributed by atoms with Crippen LogP contribution >= 0.6 is 11.3 Å². The molecule has 0 saturated carbocycles. The molecule has 1 heterocycles. The summed E-state index contributed by atoms with van der Waals surface area (Å²) in [6.07, 6.45) is 0. The van der Waals surface area contributed by atoms with Crippen LogP contribution in [0, 0.1) is 10.1 Å². The molecular weight excluding hydrogens is 312 g/mol. The van der Waals surface area contributed by atoms with Gasteiger partial charge in [-0.3, -0.25) is 10.1 Å². The van der Waals surface area contributed by atoms with Crippen molar-refractivity contribution in [1.82, 2.24) is 10.3 Å². The molecule has 3 rings (SSSR count). The van der Waals surface area contributed by atoms with Crippen LogP contribution in [0.5, 0.6) is 0 Å². The zero-order chi connectivity index (χ0) is 16.2. The maximum absolute atomic E-state index is 11.6. The van der Waals surface area contributed by atoms with Gasteiger partial charge in [0.25, 0.3) is 0 Å². The van der Waals surface area contributed by atoms with Crippen molar-refractivity contribution in [2.75, 3.05) is 12.4 Å². The Balaban J connectivity index is 2.09. The van der Waals surface area contributed by atoms with Crippen LogP contribution in [-0.2, 0) is 0 Å². The third-order valence-electron chi connectivity index (χ3n) is 3.21. The molecule has 0 amide bonds. The van der Waals surface area contributed by atoms with E-state index < -0.39 is 4.92 Å². The molecule has 7 heteroatoms. The van der Waals surface area contributed by atoms with Gasteiger partial charge in [0.2, 0.25) is 0 Å². The second kappa shape index (κ2) is 6.45. The maximum atomic E-state index is 11.6. The van der Waals surface area contributed by atoms with E-state index >= 15 is 0 Å². The van der Waals surface area contributed by atoms with Crippen LogP contribution in [0.1, 0.15) is 5.01 Å². The Hall–Kier alpha value is -2.93.